The number of rotatable bonds is 7. The van der Waals surface area contributed by atoms with E-state index in [-0.39, 0.29) is 23.3 Å². The molecule has 2 rings (SSSR count). The highest BCUT2D eigenvalue weighted by atomic mass is 16.2. The minimum atomic E-state index is -0.0306. The summed E-state index contributed by atoms with van der Waals surface area (Å²) in [5.74, 6) is 0.187. The minimum absolute atomic E-state index is 0.0306. The van der Waals surface area contributed by atoms with Gasteiger partial charge in [0.05, 0.1) is 6.04 Å². The number of carbonyl (C=O) groups excluding carboxylic acids is 2. The molecule has 0 saturated carbocycles. The van der Waals surface area contributed by atoms with Gasteiger partial charge in [0.1, 0.15) is 0 Å². The Morgan fingerprint density at radius 3 is 2.62 bits per heavy atom. The number of nitrogens with zero attached hydrogens (tertiary/aromatic N) is 1. The quantitative estimate of drug-likeness (QED) is 0.792. The van der Waals surface area contributed by atoms with Crippen molar-refractivity contribution in [3.8, 4) is 0 Å². The van der Waals surface area contributed by atoms with Gasteiger partial charge in [0.2, 0.25) is 11.8 Å². The largest absolute Gasteiger partial charge is 0.349 e. The lowest BCUT2D eigenvalue weighted by atomic mass is 9.87. The molecule has 1 N–H and O–H groups in total. The zero-order chi connectivity index (χ0) is 19.2. The molecule has 0 fully saturated rings. The molecule has 2 amide bonds. The Kier molecular flexibility index (Phi) is 7.24. The van der Waals surface area contributed by atoms with Gasteiger partial charge in [-0.2, -0.15) is 0 Å². The SMILES string of the molecule is CCCN(CCC(=O)NC1CCCc2ccccc21)C(=O)CC(C)(C)C. The number of aryl methyl sites for hydroxylation is 1. The number of benzene rings is 1. The van der Waals surface area contributed by atoms with E-state index in [1.54, 1.807) is 0 Å². The summed E-state index contributed by atoms with van der Waals surface area (Å²) >= 11 is 0. The number of hydrogen-bond acceptors (Lipinski definition) is 2. The Morgan fingerprint density at radius 1 is 1.19 bits per heavy atom. The zero-order valence-corrected chi connectivity index (χ0v) is 16.8. The molecule has 0 spiro atoms. The van der Waals surface area contributed by atoms with Gasteiger partial charge in [0.15, 0.2) is 0 Å². The summed E-state index contributed by atoms with van der Waals surface area (Å²) in [5.41, 5.74) is 2.57. The average Bonchev–Trinajstić information content (AvgIpc) is 2.57. The molecule has 1 atom stereocenters. The first kappa shape index (κ1) is 20.5. The Morgan fingerprint density at radius 2 is 1.92 bits per heavy atom. The fraction of sp³-hybridized carbons (Fsp3) is 0.636. The highest BCUT2D eigenvalue weighted by Gasteiger charge is 2.23. The number of hydrogen-bond donors (Lipinski definition) is 1. The van der Waals surface area contributed by atoms with Crippen LogP contribution in [0.2, 0.25) is 0 Å². The molecule has 0 aromatic heterocycles. The molecule has 0 aliphatic heterocycles. The molecular formula is C22H34N2O2. The fourth-order valence-electron chi connectivity index (χ4n) is 3.60. The monoisotopic (exact) mass is 358 g/mol. The van der Waals surface area contributed by atoms with E-state index < -0.39 is 0 Å². The van der Waals surface area contributed by atoms with Crippen LogP contribution in [0.15, 0.2) is 24.3 Å². The number of carbonyl (C=O) groups is 2. The summed E-state index contributed by atoms with van der Waals surface area (Å²) in [6.07, 6.45) is 4.99. The average molecular weight is 359 g/mol. The highest BCUT2D eigenvalue weighted by Crippen LogP contribution is 2.29. The lowest BCUT2D eigenvalue weighted by Crippen LogP contribution is -2.38. The van der Waals surface area contributed by atoms with Crippen LogP contribution in [0.4, 0.5) is 0 Å². The van der Waals surface area contributed by atoms with Gasteiger partial charge < -0.3 is 10.2 Å². The molecule has 26 heavy (non-hydrogen) atoms. The van der Waals surface area contributed by atoms with Crippen LogP contribution < -0.4 is 5.32 Å². The zero-order valence-electron chi connectivity index (χ0n) is 16.8. The smallest absolute Gasteiger partial charge is 0.223 e. The Bertz CT molecular complexity index is 619. The van der Waals surface area contributed by atoms with Crippen molar-refractivity contribution in [2.75, 3.05) is 13.1 Å². The van der Waals surface area contributed by atoms with Gasteiger partial charge in [-0.3, -0.25) is 9.59 Å². The number of fused-ring (bicyclic) bond motifs is 1. The maximum Gasteiger partial charge on any atom is 0.223 e. The first-order valence-corrected chi connectivity index (χ1v) is 9.95. The Hall–Kier alpha value is -1.84. The molecule has 1 aliphatic rings. The van der Waals surface area contributed by atoms with E-state index in [9.17, 15) is 9.59 Å². The number of amides is 2. The molecule has 1 aromatic carbocycles. The molecule has 0 bridgehead atoms. The second-order valence-corrected chi connectivity index (χ2v) is 8.58. The van der Waals surface area contributed by atoms with Gasteiger partial charge in [0, 0.05) is 25.9 Å². The van der Waals surface area contributed by atoms with E-state index in [4.69, 9.17) is 0 Å². The topological polar surface area (TPSA) is 49.4 Å². The van der Waals surface area contributed by atoms with Crippen LogP contribution in [0.3, 0.4) is 0 Å². The molecule has 144 valence electrons. The molecule has 1 unspecified atom stereocenters. The van der Waals surface area contributed by atoms with E-state index in [1.165, 1.54) is 11.1 Å². The van der Waals surface area contributed by atoms with E-state index in [1.807, 2.05) is 11.0 Å². The highest BCUT2D eigenvalue weighted by molar-refractivity contribution is 5.79. The van der Waals surface area contributed by atoms with Crippen molar-refractivity contribution in [3.05, 3.63) is 35.4 Å². The van der Waals surface area contributed by atoms with Gasteiger partial charge in [-0.25, -0.2) is 0 Å². The van der Waals surface area contributed by atoms with Crippen molar-refractivity contribution < 1.29 is 9.59 Å². The van der Waals surface area contributed by atoms with Crippen LogP contribution >= 0.6 is 0 Å². The fourth-order valence-corrected chi connectivity index (χ4v) is 3.60. The normalized spacial score (nSPS) is 16.7. The first-order chi connectivity index (χ1) is 12.3. The van der Waals surface area contributed by atoms with Crippen LogP contribution in [0.5, 0.6) is 0 Å². The van der Waals surface area contributed by atoms with Crippen molar-refractivity contribution in [1.82, 2.24) is 10.2 Å². The molecule has 4 nitrogen and oxygen atoms in total. The van der Waals surface area contributed by atoms with Crippen LogP contribution in [-0.2, 0) is 16.0 Å². The maximum absolute atomic E-state index is 12.5. The predicted octanol–water partition coefficient (Wildman–Crippen LogP) is 4.25. The Labute approximate surface area is 158 Å². The molecule has 1 aromatic rings. The Balaban J connectivity index is 1.89. The summed E-state index contributed by atoms with van der Waals surface area (Å²) in [6.45, 7) is 9.50. The minimum Gasteiger partial charge on any atom is -0.349 e. The number of nitrogens with one attached hydrogen (secondary N) is 1. The van der Waals surface area contributed by atoms with E-state index in [0.717, 1.165) is 25.7 Å². The third-order valence-corrected chi connectivity index (χ3v) is 4.84. The summed E-state index contributed by atoms with van der Waals surface area (Å²) in [5, 5.41) is 3.18. The molecule has 0 radical (unpaired) electrons. The standard InChI is InChI=1S/C22H34N2O2/c1-5-14-24(21(26)16-22(2,3)4)15-13-20(25)23-19-12-8-10-17-9-6-7-11-18(17)19/h6-7,9,11,19H,5,8,10,12-16H2,1-4H3,(H,23,25). The molecule has 0 heterocycles. The third-order valence-electron chi connectivity index (χ3n) is 4.84. The van der Waals surface area contributed by atoms with Gasteiger partial charge >= 0.3 is 0 Å². The van der Waals surface area contributed by atoms with E-state index >= 15 is 0 Å². The summed E-state index contributed by atoms with van der Waals surface area (Å²) in [7, 11) is 0. The predicted molar refractivity (Wildman–Crippen MR) is 106 cm³/mol. The van der Waals surface area contributed by atoms with Crippen molar-refractivity contribution in [2.45, 2.75) is 72.3 Å². The van der Waals surface area contributed by atoms with Crippen molar-refractivity contribution >= 4 is 11.8 Å². The van der Waals surface area contributed by atoms with Crippen LogP contribution in [0.1, 0.15) is 77.0 Å². The summed E-state index contributed by atoms with van der Waals surface area (Å²) in [6, 6.07) is 8.49. The van der Waals surface area contributed by atoms with Crippen molar-refractivity contribution in [1.29, 1.82) is 0 Å². The molecule has 1 aliphatic carbocycles. The van der Waals surface area contributed by atoms with Crippen LogP contribution in [-0.4, -0.2) is 29.8 Å². The summed E-state index contributed by atoms with van der Waals surface area (Å²) in [4.78, 5) is 26.8. The van der Waals surface area contributed by atoms with E-state index in [2.05, 4.69) is 51.2 Å². The molecular weight excluding hydrogens is 324 g/mol. The van der Waals surface area contributed by atoms with Crippen molar-refractivity contribution in [2.24, 2.45) is 5.41 Å². The lowest BCUT2D eigenvalue weighted by Gasteiger charge is -2.28. The first-order valence-electron chi connectivity index (χ1n) is 9.95. The third kappa shape index (κ3) is 6.15. The van der Waals surface area contributed by atoms with E-state index in [0.29, 0.717) is 25.9 Å². The van der Waals surface area contributed by atoms with Crippen molar-refractivity contribution in [3.63, 3.8) is 0 Å². The van der Waals surface area contributed by atoms with Crippen LogP contribution in [0, 0.1) is 5.41 Å². The molecule has 4 heteroatoms. The van der Waals surface area contributed by atoms with Crippen LogP contribution in [0.25, 0.3) is 0 Å². The molecule has 0 saturated heterocycles. The maximum atomic E-state index is 12.5. The van der Waals surface area contributed by atoms with Gasteiger partial charge in [-0.1, -0.05) is 52.0 Å². The van der Waals surface area contributed by atoms with Gasteiger partial charge in [-0.15, -0.1) is 0 Å². The lowest BCUT2D eigenvalue weighted by molar-refractivity contribution is -0.133. The van der Waals surface area contributed by atoms with Gasteiger partial charge in [0.25, 0.3) is 0 Å². The summed E-state index contributed by atoms with van der Waals surface area (Å²) < 4.78 is 0. The second kappa shape index (κ2) is 9.20. The second-order valence-electron chi connectivity index (χ2n) is 8.58. The van der Waals surface area contributed by atoms with Gasteiger partial charge in [-0.05, 0) is 42.2 Å².